The Bertz CT molecular complexity index is 316. The number of nitrogens with zero attached hydrogens (tertiary/aromatic N) is 1. The fourth-order valence-electron chi connectivity index (χ4n) is 2.48. The zero-order chi connectivity index (χ0) is 11.4. The first-order valence-electron chi connectivity index (χ1n) is 6.09. The lowest BCUT2D eigenvalue weighted by molar-refractivity contribution is -0.138. The molecule has 0 spiro atoms. The highest BCUT2D eigenvalue weighted by molar-refractivity contribution is 5.83. The summed E-state index contributed by atoms with van der Waals surface area (Å²) in [5.41, 5.74) is 0. The number of rotatable bonds is 3. The monoisotopic (exact) mass is 221 g/mol. The van der Waals surface area contributed by atoms with Gasteiger partial charge in [-0.15, -0.1) is 11.8 Å². The van der Waals surface area contributed by atoms with Gasteiger partial charge in [-0.3, -0.25) is 9.69 Å². The van der Waals surface area contributed by atoms with Crippen LogP contribution in [0.2, 0.25) is 0 Å². The van der Waals surface area contributed by atoms with Crippen molar-refractivity contribution in [1.82, 2.24) is 4.90 Å². The normalized spacial score (nSPS) is 29.3. The van der Waals surface area contributed by atoms with Crippen molar-refractivity contribution in [1.29, 1.82) is 0 Å². The van der Waals surface area contributed by atoms with Gasteiger partial charge in [-0.1, -0.05) is 0 Å². The minimum Gasteiger partial charge on any atom is -0.367 e. The summed E-state index contributed by atoms with van der Waals surface area (Å²) >= 11 is 0. The maximum absolute atomic E-state index is 11.8. The van der Waals surface area contributed by atoms with Crippen molar-refractivity contribution >= 4 is 5.78 Å². The molecule has 0 aromatic heterocycles. The van der Waals surface area contributed by atoms with Gasteiger partial charge in [0.2, 0.25) is 0 Å². The largest absolute Gasteiger partial charge is 0.367 e. The van der Waals surface area contributed by atoms with Gasteiger partial charge >= 0.3 is 0 Å². The Balaban J connectivity index is 1.80. The van der Waals surface area contributed by atoms with E-state index in [0.29, 0.717) is 18.9 Å². The van der Waals surface area contributed by atoms with E-state index in [0.717, 1.165) is 19.7 Å². The van der Waals surface area contributed by atoms with Crippen molar-refractivity contribution in [2.24, 2.45) is 0 Å². The molecule has 0 amide bonds. The molecule has 2 rings (SSSR count). The van der Waals surface area contributed by atoms with E-state index in [9.17, 15) is 4.79 Å². The Morgan fingerprint density at radius 3 is 3.25 bits per heavy atom. The lowest BCUT2D eigenvalue weighted by Crippen LogP contribution is -2.49. The van der Waals surface area contributed by atoms with Gasteiger partial charge in [-0.05, 0) is 26.3 Å². The number of carbonyl (C=O) groups is 1. The molecule has 3 heteroatoms. The van der Waals surface area contributed by atoms with Crippen LogP contribution in [0.1, 0.15) is 32.6 Å². The van der Waals surface area contributed by atoms with E-state index in [1.54, 1.807) is 6.92 Å². The van der Waals surface area contributed by atoms with Crippen LogP contribution in [0.15, 0.2) is 0 Å². The fraction of sp³-hybridized carbons (Fsp3) is 0.769. The molecule has 0 aromatic rings. The molecule has 0 aliphatic carbocycles. The molecular weight excluding hydrogens is 202 g/mol. The van der Waals surface area contributed by atoms with E-state index in [1.807, 2.05) is 0 Å². The third-order valence-corrected chi connectivity index (χ3v) is 3.42. The van der Waals surface area contributed by atoms with Gasteiger partial charge in [0, 0.05) is 25.4 Å². The fourth-order valence-corrected chi connectivity index (χ4v) is 2.48. The zero-order valence-electron chi connectivity index (χ0n) is 9.87. The maximum Gasteiger partial charge on any atom is 0.163 e. The molecule has 3 nitrogen and oxygen atoms in total. The lowest BCUT2D eigenvalue weighted by Gasteiger charge is -2.34. The summed E-state index contributed by atoms with van der Waals surface area (Å²) in [5.74, 6) is 5.95. The third-order valence-electron chi connectivity index (χ3n) is 3.42. The molecule has 0 aromatic carbocycles. The molecule has 2 atom stereocenters. The van der Waals surface area contributed by atoms with E-state index in [1.165, 1.54) is 12.8 Å². The van der Waals surface area contributed by atoms with Crippen LogP contribution in [0.3, 0.4) is 0 Å². The number of ether oxygens (including phenoxy) is 1. The van der Waals surface area contributed by atoms with Crippen LogP contribution < -0.4 is 0 Å². The first-order chi connectivity index (χ1) is 7.81. The predicted molar refractivity (Wildman–Crippen MR) is 62.0 cm³/mol. The molecule has 2 fully saturated rings. The average molecular weight is 221 g/mol. The summed E-state index contributed by atoms with van der Waals surface area (Å²) in [7, 11) is 0. The number of ketones is 1. The van der Waals surface area contributed by atoms with Crippen LogP contribution in [0.4, 0.5) is 0 Å². The molecule has 2 aliphatic rings. The van der Waals surface area contributed by atoms with Gasteiger partial charge in [-0.2, -0.15) is 0 Å². The number of hydrogen-bond acceptors (Lipinski definition) is 3. The zero-order valence-corrected chi connectivity index (χ0v) is 9.87. The SMILES string of the molecule is CC#CCCC(=O)C1CN2CCCC2CO1. The Labute approximate surface area is 97.1 Å². The lowest BCUT2D eigenvalue weighted by atomic mass is 10.1. The number of morpholine rings is 1. The Hall–Kier alpha value is -0.850. The molecule has 2 unspecified atom stereocenters. The second kappa shape index (κ2) is 5.47. The van der Waals surface area contributed by atoms with Crippen molar-refractivity contribution in [2.45, 2.75) is 44.8 Å². The molecule has 0 radical (unpaired) electrons. The minimum absolute atomic E-state index is 0.201. The van der Waals surface area contributed by atoms with Crippen molar-refractivity contribution in [3.63, 3.8) is 0 Å². The molecule has 16 heavy (non-hydrogen) atoms. The number of Topliss-reactive ketones (excluding diaryl/α,β-unsaturated/α-hetero) is 1. The van der Waals surface area contributed by atoms with Gasteiger partial charge in [-0.25, -0.2) is 0 Å². The maximum atomic E-state index is 11.8. The first kappa shape index (κ1) is 11.6. The number of fused-ring (bicyclic) bond motifs is 1. The van der Waals surface area contributed by atoms with E-state index in [2.05, 4.69) is 16.7 Å². The molecule has 2 saturated heterocycles. The summed E-state index contributed by atoms with van der Waals surface area (Å²) in [6.45, 7) is 4.46. The average Bonchev–Trinajstić information content (AvgIpc) is 2.76. The Kier molecular flexibility index (Phi) is 3.98. The first-order valence-corrected chi connectivity index (χ1v) is 6.09. The minimum atomic E-state index is -0.201. The molecule has 2 heterocycles. The third kappa shape index (κ3) is 2.63. The predicted octanol–water partition coefficient (Wildman–Crippen LogP) is 1.22. The molecule has 2 aliphatic heterocycles. The van der Waals surface area contributed by atoms with Gasteiger partial charge in [0.25, 0.3) is 0 Å². The van der Waals surface area contributed by atoms with Crippen LogP contribution >= 0.6 is 0 Å². The van der Waals surface area contributed by atoms with Crippen molar-refractivity contribution in [3.8, 4) is 11.8 Å². The van der Waals surface area contributed by atoms with Gasteiger partial charge in [0.05, 0.1) is 6.61 Å². The highest BCUT2D eigenvalue weighted by Gasteiger charge is 2.34. The summed E-state index contributed by atoms with van der Waals surface area (Å²) in [5, 5.41) is 0. The second-order valence-electron chi connectivity index (χ2n) is 4.51. The van der Waals surface area contributed by atoms with Crippen molar-refractivity contribution in [3.05, 3.63) is 0 Å². The van der Waals surface area contributed by atoms with E-state index in [-0.39, 0.29) is 11.9 Å². The standard InChI is InChI=1S/C13H19NO2/c1-2-3-4-7-12(15)13-9-14-8-5-6-11(14)10-16-13/h11,13H,4-10H2,1H3. The molecule has 88 valence electrons. The topological polar surface area (TPSA) is 29.5 Å². The van der Waals surface area contributed by atoms with Crippen molar-refractivity contribution in [2.75, 3.05) is 19.7 Å². The van der Waals surface area contributed by atoms with E-state index < -0.39 is 0 Å². The van der Waals surface area contributed by atoms with Crippen LogP contribution in [0.5, 0.6) is 0 Å². The van der Waals surface area contributed by atoms with Crippen LogP contribution in [0, 0.1) is 11.8 Å². The Morgan fingerprint density at radius 2 is 2.44 bits per heavy atom. The highest BCUT2D eigenvalue weighted by Crippen LogP contribution is 2.23. The molecule has 0 N–H and O–H groups in total. The highest BCUT2D eigenvalue weighted by atomic mass is 16.5. The molecule has 0 bridgehead atoms. The summed E-state index contributed by atoms with van der Waals surface area (Å²) < 4.78 is 5.64. The van der Waals surface area contributed by atoms with Crippen LogP contribution in [-0.2, 0) is 9.53 Å². The van der Waals surface area contributed by atoms with Crippen LogP contribution in [0.25, 0.3) is 0 Å². The smallest absolute Gasteiger partial charge is 0.163 e. The number of carbonyl (C=O) groups excluding carboxylic acids is 1. The Morgan fingerprint density at radius 1 is 1.56 bits per heavy atom. The molecular formula is C13H19NO2. The quantitative estimate of drug-likeness (QED) is 0.671. The molecule has 0 saturated carbocycles. The summed E-state index contributed by atoms with van der Waals surface area (Å²) in [4.78, 5) is 14.2. The second-order valence-corrected chi connectivity index (χ2v) is 4.51. The van der Waals surface area contributed by atoms with Crippen molar-refractivity contribution < 1.29 is 9.53 Å². The van der Waals surface area contributed by atoms with Gasteiger partial charge in [0.15, 0.2) is 5.78 Å². The summed E-state index contributed by atoms with van der Waals surface area (Å²) in [6.07, 6.45) is 3.47. The number of hydrogen-bond donors (Lipinski definition) is 0. The van der Waals surface area contributed by atoms with Gasteiger partial charge in [0.1, 0.15) is 6.10 Å². The van der Waals surface area contributed by atoms with Gasteiger partial charge < -0.3 is 4.74 Å². The van der Waals surface area contributed by atoms with Crippen LogP contribution in [-0.4, -0.2) is 42.5 Å². The van der Waals surface area contributed by atoms with E-state index in [4.69, 9.17) is 4.74 Å². The van der Waals surface area contributed by atoms with E-state index >= 15 is 0 Å². The summed E-state index contributed by atoms with van der Waals surface area (Å²) in [6, 6.07) is 0.569.